The summed E-state index contributed by atoms with van der Waals surface area (Å²) in [6.45, 7) is -0.152. The molecule has 0 unspecified atom stereocenters. The predicted octanol–water partition coefficient (Wildman–Crippen LogP) is 3.23. The van der Waals surface area contributed by atoms with E-state index in [4.69, 9.17) is 0 Å². The molecule has 0 saturated carbocycles. The molecule has 1 atom stereocenters. The largest absolute Gasteiger partial charge is 0.350 e. The number of benzene rings is 1. The number of pyridine rings is 1. The first-order chi connectivity index (χ1) is 12.5. The summed E-state index contributed by atoms with van der Waals surface area (Å²) in [6.07, 6.45) is 3.01. The number of nitrogens with one attached hydrogen (secondary N) is 1. The molecule has 3 rings (SSSR count). The summed E-state index contributed by atoms with van der Waals surface area (Å²) in [7, 11) is -3.71. The van der Waals surface area contributed by atoms with Crippen LogP contribution in [0.15, 0.2) is 70.5 Å². The summed E-state index contributed by atoms with van der Waals surface area (Å²) in [5, 5.41) is 3.27. The van der Waals surface area contributed by atoms with Crippen molar-refractivity contribution in [3.63, 3.8) is 0 Å². The minimum atomic E-state index is -3.71. The van der Waals surface area contributed by atoms with Crippen molar-refractivity contribution in [2.24, 2.45) is 0 Å². The lowest BCUT2D eigenvalue weighted by Gasteiger charge is -2.18. The SMILES string of the molecule is O=C(NC[C@@H](c1cccnc1)S(=O)(=O)c1cccs1)c1cccc(F)c1. The predicted molar refractivity (Wildman–Crippen MR) is 97.2 cm³/mol. The Morgan fingerprint density at radius 1 is 1.19 bits per heavy atom. The van der Waals surface area contributed by atoms with Crippen LogP contribution in [0.25, 0.3) is 0 Å². The lowest BCUT2D eigenvalue weighted by molar-refractivity contribution is 0.0953. The molecule has 5 nitrogen and oxygen atoms in total. The van der Waals surface area contributed by atoms with Crippen LogP contribution in [0.3, 0.4) is 0 Å². The lowest BCUT2D eigenvalue weighted by atomic mass is 10.2. The third-order valence-corrected chi connectivity index (χ3v) is 7.27. The van der Waals surface area contributed by atoms with E-state index in [1.165, 1.54) is 30.5 Å². The van der Waals surface area contributed by atoms with Crippen LogP contribution < -0.4 is 5.32 Å². The number of aromatic nitrogens is 1. The highest BCUT2D eigenvalue weighted by Crippen LogP contribution is 2.30. The van der Waals surface area contributed by atoms with Gasteiger partial charge in [-0.15, -0.1) is 11.3 Å². The van der Waals surface area contributed by atoms with Gasteiger partial charge in [0.15, 0.2) is 9.84 Å². The van der Waals surface area contributed by atoms with Crippen molar-refractivity contribution in [3.05, 3.63) is 83.2 Å². The number of hydrogen-bond donors (Lipinski definition) is 1. The van der Waals surface area contributed by atoms with Gasteiger partial charge in [0.1, 0.15) is 15.3 Å². The molecule has 0 fully saturated rings. The summed E-state index contributed by atoms with van der Waals surface area (Å²) >= 11 is 1.11. The van der Waals surface area contributed by atoms with Gasteiger partial charge in [-0.25, -0.2) is 12.8 Å². The summed E-state index contributed by atoms with van der Waals surface area (Å²) in [6, 6.07) is 11.7. The normalized spacial score (nSPS) is 12.5. The van der Waals surface area contributed by atoms with E-state index >= 15 is 0 Å². The van der Waals surface area contributed by atoms with Crippen LogP contribution in [0.1, 0.15) is 21.2 Å². The maximum absolute atomic E-state index is 13.3. The van der Waals surface area contributed by atoms with Crippen LogP contribution in [-0.2, 0) is 9.84 Å². The van der Waals surface area contributed by atoms with Crippen molar-refractivity contribution in [1.29, 1.82) is 0 Å². The van der Waals surface area contributed by atoms with Crippen LogP contribution in [0.2, 0.25) is 0 Å². The first-order valence-corrected chi connectivity index (χ1v) is 10.1. The van der Waals surface area contributed by atoms with Crippen molar-refractivity contribution in [1.82, 2.24) is 10.3 Å². The first-order valence-electron chi connectivity index (χ1n) is 7.69. The molecule has 1 amide bonds. The standard InChI is InChI=1S/C18H15FN2O3S2/c19-15-6-1-4-13(10-15)18(22)21-12-16(14-5-2-8-20-11-14)26(23,24)17-7-3-9-25-17/h1-11,16H,12H2,(H,21,22)/t16-/m0/s1. The van der Waals surface area contributed by atoms with Crippen LogP contribution in [0.4, 0.5) is 4.39 Å². The molecule has 1 aromatic carbocycles. The van der Waals surface area contributed by atoms with E-state index < -0.39 is 26.8 Å². The molecule has 3 aromatic rings. The third kappa shape index (κ3) is 3.97. The molecule has 2 heterocycles. The zero-order chi connectivity index (χ0) is 18.6. The fourth-order valence-corrected chi connectivity index (χ4v) is 5.31. The minimum absolute atomic E-state index is 0.128. The van der Waals surface area contributed by atoms with Gasteiger partial charge in [-0.2, -0.15) is 0 Å². The quantitative estimate of drug-likeness (QED) is 0.701. The molecule has 0 bridgehead atoms. The smallest absolute Gasteiger partial charge is 0.251 e. The van der Waals surface area contributed by atoms with E-state index in [2.05, 4.69) is 10.3 Å². The Morgan fingerprint density at radius 3 is 2.69 bits per heavy atom. The summed E-state index contributed by atoms with van der Waals surface area (Å²) in [4.78, 5) is 16.2. The minimum Gasteiger partial charge on any atom is -0.350 e. The summed E-state index contributed by atoms with van der Waals surface area (Å²) in [5.74, 6) is -1.08. The third-order valence-electron chi connectivity index (χ3n) is 3.74. The lowest BCUT2D eigenvalue weighted by Crippen LogP contribution is -2.31. The Labute approximate surface area is 154 Å². The molecule has 0 aliphatic carbocycles. The maximum atomic E-state index is 13.3. The number of thiophene rings is 1. The van der Waals surface area contributed by atoms with Crippen LogP contribution in [0, 0.1) is 5.82 Å². The molecule has 8 heteroatoms. The van der Waals surface area contributed by atoms with Crippen molar-refractivity contribution < 1.29 is 17.6 Å². The molecule has 134 valence electrons. The van der Waals surface area contributed by atoms with Crippen LogP contribution in [-0.4, -0.2) is 25.9 Å². The number of nitrogens with zero attached hydrogens (tertiary/aromatic N) is 1. The molecule has 0 saturated heterocycles. The zero-order valence-electron chi connectivity index (χ0n) is 13.5. The molecular formula is C18H15FN2O3S2. The van der Waals surface area contributed by atoms with Crippen molar-refractivity contribution in [3.8, 4) is 0 Å². The zero-order valence-corrected chi connectivity index (χ0v) is 15.1. The second kappa shape index (κ2) is 7.76. The highest BCUT2D eigenvalue weighted by atomic mass is 32.2. The maximum Gasteiger partial charge on any atom is 0.251 e. The number of carbonyl (C=O) groups is 1. The number of hydrogen-bond acceptors (Lipinski definition) is 5. The second-order valence-electron chi connectivity index (χ2n) is 5.47. The average molecular weight is 390 g/mol. The van der Waals surface area contributed by atoms with Crippen molar-refractivity contribution in [2.75, 3.05) is 6.54 Å². The molecule has 26 heavy (non-hydrogen) atoms. The summed E-state index contributed by atoms with van der Waals surface area (Å²) in [5.41, 5.74) is 0.601. The van der Waals surface area contributed by atoms with Gasteiger partial charge >= 0.3 is 0 Å². The molecular weight excluding hydrogens is 375 g/mol. The van der Waals surface area contributed by atoms with E-state index in [1.54, 1.807) is 29.8 Å². The molecule has 2 aromatic heterocycles. The van der Waals surface area contributed by atoms with E-state index in [0.717, 1.165) is 17.4 Å². The van der Waals surface area contributed by atoms with Gasteiger partial charge in [-0.1, -0.05) is 18.2 Å². The van der Waals surface area contributed by atoms with Gasteiger partial charge < -0.3 is 5.32 Å². The number of sulfone groups is 1. The van der Waals surface area contributed by atoms with E-state index in [1.807, 2.05) is 0 Å². The number of amides is 1. The van der Waals surface area contributed by atoms with Gasteiger partial charge in [0, 0.05) is 24.5 Å². The van der Waals surface area contributed by atoms with Gasteiger partial charge in [0.25, 0.3) is 5.91 Å². The Hall–Kier alpha value is -2.58. The topological polar surface area (TPSA) is 76.1 Å². The first kappa shape index (κ1) is 18.2. The average Bonchev–Trinajstić information content (AvgIpc) is 3.18. The molecule has 0 radical (unpaired) electrons. The molecule has 1 N–H and O–H groups in total. The monoisotopic (exact) mass is 390 g/mol. The van der Waals surface area contributed by atoms with E-state index in [9.17, 15) is 17.6 Å². The molecule has 0 aliphatic rings. The summed E-state index contributed by atoms with van der Waals surface area (Å²) < 4.78 is 39.4. The van der Waals surface area contributed by atoms with Crippen LogP contribution in [0.5, 0.6) is 0 Å². The van der Waals surface area contributed by atoms with Gasteiger partial charge in [0.05, 0.1) is 0 Å². The molecule has 0 spiro atoms. The Morgan fingerprint density at radius 2 is 2.04 bits per heavy atom. The fourth-order valence-electron chi connectivity index (χ4n) is 2.46. The van der Waals surface area contributed by atoms with Crippen molar-refractivity contribution >= 4 is 27.1 Å². The Kier molecular flexibility index (Phi) is 5.43. The second-order valence-corrected chi connectivity index (χ2v) is 8.78. The Bertz CT molecular complexity index is 990. The van der Waals surface area contributed by atoms with E-state index in [-0.39, 0.29) is 16.3 Å². The van der Waals surface area contributed by atoms with Crippen LogP contribution >= 0.6 is 11.3 Å². The van der Waals surface area contributed by atoms with Gasteiger partial charge in [-0.05, 0) is 41.3 Å². The van der Waals surface area contributed by atoms with Gasteiger partial charge in [-0.3, -0.25) is 9.78 Å². The van der Waals surface area contributed by atoms with Crippen molar-refractivity contribution in [2.45, 2.75) is 9.46 Å². The highest BCUT2D eigenvalue weighted by molar-refractivity contribution is 7.93. The fraction of sp³-hybridized carbons (Fsp3) is 0.111. The highest BCUT2D eigenvalue weighted by Gasteiger charge is 2.30. The number of rotatable bonds is 6. The van der Waals surface area contributed by atoms with E-state index in [0.29, 0.717) is 5.56 Å². The number of halogens is 1. The molecule has 0 aliphatic heterocycles. The Balaban J connectivity index is 1.87. The van der Waals surface area contributed by atoms with Gasteiger partial charge in [0.2, 0.25) is 0 Å². The number of carbonyl (C=O) groups excluding carboxylic acids is 1.